The average Bonchev–Trinajstić information content (AvgIpc) is 2.43. The van der Waals surface area contributed by atoms with Gasteiger partial charge in [-0.1, -0.05) is 31.5 Å². The molecule has 1 fully saturated rings. The molecule has 1 aliphatic heterocycles. The maximum absolute atomic E-state index is 12.9. The van der Waals surface area contributed by atoms with Gasteiger partial charge in [0.25, 0.3) is 5.91 Å². The number of carbonyl (C=O) groups excluding carboxylic acids is 2. The lowest BCUT2D eigenvalue weighted by atomic mass is 9.90. The van der Waals surface area contributed by atoms with E-state index in [-0.39, 0.29) is 11.8 Å². The maximum atomic E-state index is 12.9. The van der Waals surface area contributed by atoms with Crippen molar-refractivity contribution in [2.24, 2.45) is 0 Å². The Labute approximate surface area is 126 Å². The van der Waals surface area contributed by atoms with Crippen LogP contribution in [0.15, 0.2) is 18.2 Å². The number of piperazine rings is 1. The number of rotatable bonds is 3. The molecule has 0 aromatic heterocycles. The fraction of sp³-hybridized carbons (Fsp3) is 0.529. The molecule has 114 valence electrons. The van der Waals surface area contributed by atoms with E-state index in [4.69, 9.17) is 0 Å². The van der Waals surface area contributed by atoms with Gasteiger partial charge in [-0.3, -0.25) is 14.5 Å². The van der Waals surface area contributed by atoms with Crippen molar-refractivity contribution in [3.8, 4) is 0 Å². The van der Waals surface area contributed by atoms with Crippen LogP contribution in [0.5, 0.6) is 0 Å². The minimum Gasteiger partial charge on any atom is -0.340 e. The van der Waals surface area contributed by atoms with Crippen LogP contribution in [-0.2, 0) is 9.59 Å². The average molecular weight is 288 g/mol. The van der Waals surface area contributed by atoms with E-state index >= 15 is 0 Å². The first-order chi connectivity index (χ1) is 9.84. The third-order valence-electron chi connectivity index (χ3n) is 4.41. The summed E-state index contributed by atoms with van der Waals surface area (Å²) in [7, 11) is 0. The van der Waals surface area contributed by atoms with Crippen molar-refractivity contribution in [1.82, 2.24) is 5.32 Å². The second-order valence-corrected chi connectivity index (χ2v) is 6.06. The highest BCUT2D eigenvalue weighted by atomic mass is 16.2. The number of anilines is 1. The predicted molar refractivity (Wildman–Crippen MR) is 84.3 cm³/mol. The van der Waals surface area contributed by atoms with Crippen LogP contribution in [0.1, 0.15) is 44.7 Å². The van der Waals surface area contributed by atoms with Crippen LogP contribution in [0.25, 0.3) is 0 Å². The second kappa shape index (κ2) is 5.51. The van der Waals surface area contributed by atoms with E-state index in [9.17, 15) is 9.59 Å². The Bertz CT molecular complexity index is 582. The number of nitrogens with zero attached hydrogens (tertiary/aromatic N) is 1. The normalized spacial score (nSPS) is 26.0. The van der Waals surface area contributed by atoms with Gasteiger partial charge in [-0.25, -0.2) is 0 Å². The lowest BCUT2D eigenvalue weighted by Crippen LogP contribution is -2.69. The van der Waals surface area contributed by atoms with Crippen molar-refractivity contribution in [3.63, 3.8) is 0 Å². The fourth-order valence-electron chi connectivity index (χ4n) is 2.89. The summed E-state index contributed by atoms with van der Waals surface area (Å²) in [4.78, 5) is 27.0. The van der Waals surface area contributed by atoms with Gasteiger partial charge < -0.3 is 5.32 Å². The molecule has 1 saturated heterocycles. The van der Waals surface area contributed by atoms with E-state index in [1.807, 2.05) is 45.9 Å². The largest absolute Gasteiger partial charge is 0.340 e. The van der Waals surface area contributed by atoms with E-state index in [1.165, 1.54) is 0 Å². The number of nitrogens with one attached hydrogen (secondary N) is 1. The molecule has 0 bridgehead atoms. The third kappa shape index (κ3) is 2.55. The number of hydrogen-bond donors (Lipinski definition) is 1. The van der Waals surface area contributed by atoms with Gasteiger partial charge in [-0.2, -0.15) is 0 Å². The molecule has 4 nitrogen and oxygen atoms in total. The van der Waals surface area contributed by atoms with Crippen molar-refractivity contribution in [2.75, 3.05) is 4.90 Å². The van der Waals surface area contributed by atoms with Gasteiger partial charge in [-0.15, -0.1) is 0 Å². The summed E-state index contributed by atoms with van der Waals surface area (Å²) in [6.45, 7) is 9.66. The lowest BCUT2D eigenvalue weighted by molar-refractivity contribution is -0.138. The Kier molecular flexibility index (Phi) is 4.08. The molecular formula is C17H24N2O2. The van der Waals surface area contributed by atoms with Gasteiger partial charge in [0.15, 0.2) is 0 Å². The minimum atomic E-state index is -0.819. The highest BCUT2D eigenvalue weighted by Crippen LogP contribution is 2.31. The Morgan fingerprint density at radius 2 is 1.90 bits per heavy atom. The summed E-state index contributed by atoms with van der Waals surface area (Å²) in [5.74, 6) is -0.0928. The van der Waals surface area contributed by atoms with E-state index in [0.717, 1.165) is 16.8 Å². The third-order valence-corrected chi connectivity index (χ3v) is 4.41. The smallest absolute Gasteiger partial charge is 0.253 e. The summed E-state index contributed by atoms with van der Waals surface area (Å²) in [5.41, 5.74) is 2.19. The van der Waals surface area contributed by atoms with Crippen LogP contribution in [0.2, 0.25) is 0 Å². The SMILES string of the molecule is CCC1C(=O)NC(C)(CC)C(=O)N1c1ccc(C)cc1C. The first-order valence-corrected chi connectivity index (χ1v) is 7.57. The van der Waals surface area contributed by atoms with E-state index in [2.05, 4.69) is 5.32 Å². The Morgan fingerprint density at radius 1 is 1.24 bits per heavy atom. The molecule has 2 rings (SSSR count). The van der Waals surface area contributed by atoms with Crippen molar-refractivity contribution in [3.05, 3.63) is 29.3 Å². The molecular weight excluding hydrogens is 264 g/mol. The summed E-state index contributed by atoms with van der Waals surface area (Å²) >= 11 is 0. The number of carbonyl (C=O) groups is 2. The van der Waals surface area contributed by atoms with Gasteiger partial charge in [-0.05, 0) is 45.2 Å². The zero-order valence-corrected chi connectivity index (χ0v) is 13.5. The van der Waals surface area contributed by atoms with Crippen molar-refractivity contribution >= 4 is 17.5 Å². The standard InChI is InChI=1S/C17H24N2O2/c1-6-13-15(20)18-17(5,7-2)16(21)19(13)14-9-8-11(3)10-12(14)4/h8-10,13H,6-7H2,1-5H3,(H,18,20). The van der Waals surface area contributed by atoms with Gasteiger partial charge >= 0.3 is 0 Å². The lowest BCUT2D eigenvalue weighted by Gasteiger charge is -2.44. The monoisotopic (exact) mass is 288 g/mol. The first kappa shape index (κ1) is 15.5. The van der Waals surface area contributed by atoms with Crippen LogP contribution in [0.4, 0.5) is 5.69 Å². The summed E-state index contributed by atoms with van der Waals surface area (Å²) in [6, 6.07) is 5.54. The topological polar surface area (TPSA) is 49.4 Å². The Balaban J connectivity index is 2.54. The Hall–Kier alpha value is -1.84. The molecule has 2 atom stereocenters. The van der Waals surface area contributed by atoms with Gasteiger partial charge in [0.1, 0.15) is 11.6 Å². The molecule has 21 heavy (non-hydrogen) atoms. The minimum absolute atomic E-state index is 0.0246. The molecule has 1 aliphatic rings. The van der Waals surface area contributed by atoms with Crippen molar-refractivity contribution < 1.29 is 9.59 Å². The molecule has 0 spiro atoms. The van der Waals surface area contributed by atoms with Gasteiger partial charge in [0.2, 0.25) is 5.91 Å². The van der Waals surface area contributed by atoms with Crippen molar-refractivity contribution in [1.29, 1.82) is 0 Å². The quantitative estimate of drug-likeness (QED) is 0.929. The number of hydrogen-bond acceptors (Lipinski definition) is 2. The summed E-state index contributed by atoms with van der Waals surface area (Å²) < 4.78 is 0. The molecule has 1 heterocycles. The molecule has 1 aromatic rings. The number of aryl methyl sites for hydroxylation is 2. The van der Waals surface area contributed by atoms with Crippen LogP contribution in [-0.4, -0.2) is 23.4 Å². The summed E-state index contributed by atoms with van der Waals surface area (Å²) in [6.07, 6.45) is 1.18. The molecule has 0 aliphatic carbocycles. The summed E-state index contributed by atoms with van der Waals surface area (Å²) in [5, 5.41) is 2.89. The predicted octanol–water partition coefficient (Wildman–Crippen LogP) is 2.71. The molecule has 1 N–H and O–H groups in total. The van der Waals surface area contributed by atoms with E-state index in [1.54, 1.807) is 11.8 Å². The zero-order chi connectivity index (χ0) is 15.8. The molecule has 4 heteroatoms. The second-order valence-electron chi connectivity index (χ2n) is 6.06. The van der Waals surface area contributed by atoms with Gasteiger partial charge in [0, 0.05) is 5.69 Å². The number of amides is 2. The molecule has 2 unspecified atom stereocenters. The molecule has 0 saturated carbocycles. The fourth-order valence-corrected chi connectivity index (χ4v) is 2.89. The van der Waals surface area contributed by atoms with E-state index < -0.39 is 11.6 Å². The van der Waals surface area contributed by atoms with Crippen LogP contribution in [0, 0.1) is 13.8 Å². The molecule has 1 aromatic carbocycles. The highest BCUT2D eigenvalue weighted by Gasteiger charge is 2.47. The van der Waals surface area contributed by atoms with Crippen LogP contribution >= 0.6 is 0 Å². The molecule has 2 amide bonds. The Morgan fingerprint density at radius 3 is 2.43 bits per heavy atom. The van der Waals surface area contributed by atoms with Gasteiger partial charge in [0.05, 0.1) is 0 Å². The first-order valence-electron chi connectivity index (χ1n) is 7.57. The molecule has 0 radical (unpaired) electrons. The zero-order valence-electron chi connectivity index (χ0n) is 13.5. The van der Waals surface area contributed by atoms with Crippen LogP contribution < -0.4 is 10.2 Å². The van der Waals surface area contributed by atoms with E-state index in [0.29, 0.717) is 12.8 Å². The van der Waals surface area contributed by atoms with Crippen LogP contribution in [0.3, 0.4) is 0 Å². The maximum Gasteiger partial charge on any atom is 0.253 e. The highest BCUT2D eigenvalue weighted by molar-refractivity contribution is 6.10. The van der Waals surface area contributed by atoms with Crippen molar-refractivity contribution in [2.45, 2.75) is 59.0 Å². The number of benzene rings is 1.